The fraction of sp³-hybridized carbons (Fsp3) is 0.562. The number of nitrogens with one attached hydrogen (secondary N) is 1. The second kappa shape index (κ2) is 10.0. The third-order valence-electron chi connectivity index (χ3n) is 3.18. The van der Waals surface area contributed by atoms with Crippen LogP contribution in [0.2, 0.25) is 10.0 Å². The van der Waals surface area contributed by atoms with Crippen LogP contribution in [0.5, 0.6) is 0 Å². The van der Waals surface area contributed by atoms with Crippen molar-refractivity contribution in [2.75, 3.05) is 13.2 Å². The highest BCUT2D eigenvalue weighted by atomic mass is 35.5. The van der Waals surface area contributed by atoms with E-state index in [-0.39, 0.29) is 5.97 Å². The molecule has 0 heterocycles. The lowest BCUT2D eigenvalue weighted by Crippen LogP contribution is -2.31. The first kappa shape index (κ1) is 18.3. The van der Waals surface area contributed by atoms with E-state index in [4.69, 9.17) is 27.9 Å². The second-order valence-corrected chi connectivity index (χ2v) is 5.69. The van der Waals surface area contributed by atoms with E-state index in [2.05, 4.69) is 12.2 Å². The summed E-state index contributed by atoms with van der Waals surface area (Å²) in [5.41, 5.74) is 0.776. The molecule has 0 saturated carbocycles. The molecule has 1 aromatic rings. The molecule has 118 valence electrons. The number of ether oxygens (including phenoxy) is 1. The maximum atomic E-state index is 12.1. The molecule has 0 bridgehead atoms. The van der Waals surface area contributed by atoms with Crippen molar-refractivity contribution < 1.29 is 9.53 Å². The van der Waals surface area contributed by atoms with Crippen LogP contribution in [-0.2, 0) is 9.53 Å². The topological polar surface area (TPSA) is 38.3 Å². The van der Waals surface area contributed by atoms with E-state index in [0.29, 0.717) is 16.7 Å². The average molecular weight is 332 g/mol. The Balaban J connectivity index is 2.71. The van der Waals surface area contributed by atoms with Crippen LogP contribution in [0.25, 0.3) is 0 Å². The fourth-order valence-corrected chi connectivity index (χ4v) is 2.36. The molecule has 1 aromatic carbocycles. The number of hydrogen-bond donors (Lipinski definition) is 1. The summed E-state index contributed by atoms with van der Waals surface area (Å²) >= 11 is 11.9. The van der Waals surface area contributed by atoms with Gasteiger partial charge in [-0.25, -0.2) is 4.79 Å². The fourth-order valence-electron chi connectivity index (χ4n) is 2.05. The van der Waals surface area contributed by atoms with Gasteiger partial charge in [0, 0.05) is 0 Å². The summed E-state index contributed by atoms with van der Waals surface area (Å²) in [6.07, 6.45) is 4.58. The Bertz CT molecular complexity index is 452. The van der Waals surface area contributed by atoms with Crippen LogP contribution < -0.4 is 5.32 Å². The van der Waals surface area contributed by atoms with Crippen LogP contribution in [0.3, 0.4) is 0 Å². The highest BCUT2D eigenvalue weighted by Crippen LogP contribution is 2.26. The highest BCUT2D eigenvalue weighted by Gasteiger charge is 2.21. The molecule has 0 aliphatic heterocycles. The molecule has 0 aliphatic carbocycles. The van der Waals surface area contributed by atoms with Gasteiger partial charge >= 0.3 is 5.97 Å². The molecule has 5 heteroatoms. The van der Waals surface area contributed by atoms with Gasteiger partial charge in [0.15, 0.2) is 0 Å². The van der Waals surface area contributed by atoms with E-state index >= 15 is 0 Å². The lowest BCUT2D eigenvalue weighted by molar-refractivity contribution is -0.145. The van der Waals surface area contributed by atoms with Crippen molar-refractivity contribution in [1.29, 1.82) is 0 Å². The standard InChI is InChI=1S/C16H23Cl2NO2/c1-3-5-6-7-10-19-15(16(20)21-4-2)12-8-9-13(17)14(18)11-12/h8-9,11,15,19H,3-7,10H2,1-2H3/t15-/m1/s1. The van der Waals surface area contributed by atoms with Crippen molar-refractivity contribution in [3.05, 3.63) is 33.8 Å². The zero-order valence-electron chi connectivity index (χ0n) is 12.6. The van der Waals surface area contributed by atoms with Crippen molar-refractivity contribution in [1.82, 2.24) is 5.32 Å². The smallest absolute Gasteiger partial charge is 0.327 e. The molecule has 0 aromatic heterocycles. The van der Waals surface area contributed by atoms with Crippen molar-refractivity contribution in [3.8, 4) is 0 Å². The summed E-state index contributed by atoms with van der Waals surface area (Å²) in [7, 11) is 0. The van der Waals surface area contributed by atoms with E-state index in [1.807, 2.05) is 0 Å². The van der Waals surface area contributed by atoms with E-state index in [1.165, 1.54) is 12.8 Å². The number of benzene rings is 1. The van der Waals surface area contributed by atoms with Crippen molar-refractivity contribution in [2.45, 2.75) is 45.6 Å². The van der Waals surface area contributed by atoms with Crippen LogP contribution in [0.15, 0.2) is 18.2 Å². The molecular formula is C16H23Cl2NO2. The molecule has 1 N–H and O–H groups in total. The minimum Gasteiger partial charge on any atom is -0.465 e. The number of carbonyl (C=O) groups excluding carboxylic acids is 1. The van der Waals surface area contributed by atoms with Gasteiger partial charge in [0.25, 0.3) is 0 Å². The Kier molecular flexibility index (Phi) is 8.74. The van der Waals surface area contributed by atoms with E-state index in [1.54, 1.807) is 25.1 Å². The summed E-state index contributed by atoms with van der Waals surface area (Å²) in [5.74, 6) is -0.286. The number of unbranched alkanes of at least 4 members (excludes halogenated alkanes) is 3. The Morgan fingerprint density at radius 2 is 1.95 bits per heavy atom. The number of halogens is 2. The van der Waals surface area contributed by atoms with Gasteiger partial charge in [-0.3, -0.25) is 0 Å². The molecule has 0 amide bonds. The third kappa shape index (κ3) is 6.25. The van der Waals surface area contributed by atoms with Crippen molar-refractivity contribution in [2.24, 2.45) is 0 Å². The number of esters is 1. The van der Waals surface area contributed by atoms with E-state index in [0.717, 1.165) is 24.9 Å². The van der Waals surface area contributed by atoms with Crippen LogP contribution >= 0.6 is 23.2 Å². The van der Waals surface area contributed by atoms with Crippen LogP contribution in [0, 0.1) is 0 Å². The van der Waals surface area contributed by atoms with Crippen molar-refractivity contribution >= 4 is 29.2 Å². The molecule has 21 heavy (non-hydrogen) atoms. The predicted molar refractivity (Wildman–Crippen MR) is 88.0 cm³/mol. The van der Waals surface area contributed by atoms with E-state index in [9.17, 15) is 4.79 Å². The second-order valence-electron chi connectivity index (χ2n) is 4.87. The first-order valence-corrected chi connectivity index (χ1v) is 8.20. The Morgan fingerprint density at radius 3 is 2.57 bits per heavy atom. The number of rotatable bonds is 9. The first-order chi connectivity index (χ1) is 10.1. The molecule has 3 nitrogen and oxygen atoms in total. The molecule has 0 aliphatic rings. The van der Waals surface area contributed by atoms with Crippen LogP contribution in [0.4, 0.5) is 0 Å². The SMILES string of the molecule is CCCCCCN[C@@H](C(=O)OCC)c1ccc(Cl)c(Cl)c1. The Labute approximate surface area is 137 Å². The molecule has 0 radical (unpaired) electrons. The maximum Gasteiger partial charge on any atom is 0.327 e. The van der Waals surface area contributed by atoms with Gasteiger partial charge in [-0.2, -0.15) is 0 Å². The summed E-state index contributed by atoms with van der Waals surface area (Å²) in [6.45, 7) is 5.09. The monoisotopic (exact) mass is 331 g/mol. The zero-order chi connectivity index (χ0) is 15.7. The highest BCUT2D eigenvalue weighted by molar-refractivity contribution is 6.42. The molecule has 0 saturated heterocycles. The summed E-state index contributed by atoms with van der Waals surface area (Å²) in [4.78, 5) is 12.1. The van der Waals surface area contributed by atoms with Gasteiger partial charge in [-0.1, -0.05) is 55.5 Å². The van der Waals surface area contributed by atoms with E-state index < -0.39 is 6.04 Å². The minimum atomic E-state index is -0.499. The van der Waals surface area contributed by atoms with Gasteiger partial charge < -0.3 is 10.1 Å². The molecular weight excluding hydrogens is 309 g/mol. The number of hydrogen-bond acceptors (Lipinski definition) is 3. The van der Waals surface area contributed by atoms with Crippen molar-refractivity contribution in [3.63, 3.8) is 0 Å². The molecule has 1 rings (SSSR count). The quantitative estimate of drug-likeness (QED) is 0.523. The normalized spacial score (nSPS) is 12.2. The van der Waals surface area contributed by atoms with Gasteiger partial charge in [-0.15, -0.1) is 0 Å². The van der Waals surface area contributed by atoms with Gasteiger partial charge in [0.2, 0.25) is 0 Å². The molecule has 0 fully saturated rings. The van der Waals surface area contributed by atoms with Crippen LogP contribution in [-0.4, -0.2) is 19.1 Å². The summed E-state index contributed by atoms with van der Waals surface area (Å²) in [5, 5.41) is 4.17. The van der Waals surface area contributed by atoms with Crippen LogP contribution in [0.1, 0.15) is 51.1 Å². The Morgan fingerprint density at radius 1 is 1.19 bits per heavy atom. The lowest BCUT2D eigenvalue weighted by atomic mass is 10.1. The molecule has 0 spiro atoms. The summed E-state index contributed by atoms with van der Waals surface area (Å²) in [6, 6.07) is 4.71. The summed E-state index contributed by atoms with van der Waals surface area (Å²) < 4.78 is 5.13. The average Bonchev–Trinajstić information content (AvgIpc) is 2.46. The lowest BCUT2D eigenvalue weighted by Gasteiger charge is -2.18. The number of carbonyl (C=O) groups is 1. The molecule has 0 unspecified atom stereocenters. The molecule has 1 atom stereocenters. The van der Waals surface area contributed by atoms with Gasteiger partial charge in [0.05, 0.1) is 16.7 Å². The zero-order valence-corrected chi connectivity index (χ0v) is 14.1. The minimum absolute atomic E-state index is 0.286. The maximum absolute atomic E-state index is 12.1. The van der Waals surface area contributed by atoms with Gasteiger partial charge in [0.1, 0.15) is 6.04 Å². The third-order valence-corrected chi connectivity index (χ3v) is 3.92. The van der Waals surface area contributed by atoms with Gasteiger partial charge in [-0.05, 0) is 37.6 Å². The predicted octanol–water partition coefficient (Wildman–Crippen LogP) is 4.77. The Hall–Kier alpha value is -0.770. The first-order valence-electron chi connectivity index (χ1n) is 7.45. The largest absolute Gasteiger partial charge is 0.465 e.